The predicted octanol–water partition coefficient (Wildman–Crippen LogP) is 4.38. The van der Waals surface area contributed by atoms with Gasteiger partial charge in [-0.15, -0.1) is 0 Å². The Morgan fingerprint density at radius 1 is 1.04 bits per heavy atom. The number of anilines is 2. The van der Waals surface area contributed by atoms with E-state index in [2.05, 4.69) is 26.6 Å². The number of pyridine rings is 1. The molecule has 0 bridgehead atoms. The van der Waals surface area contributed by atoms with Crippen molar-refractivity contribution in [2.45, 2.75) is 0 Å². The van der Waals surface area contributed by atoms with E-state index in [4.69, 9.17) is 0 Å². The third kappa shape index (κ3) is 2.79. The van der Waals surface area contributed by atoms with Gasteiger partial charge in [0.15, 0.2) is 0 Å². The van der Waals surface area contributed by atoms with Crippen molar-refractivity contribution < 1.29 is 4.39 Å². The molecule has 0 unspecified atom stereocenters. The first kappa shape index (κ1) is 14.8. The molecule has 2 N–H and O–H groups in total. The molecule has 2 aromatic heterocycles. The van der Waals surface area contributed by atoms with Crippen molar-refractivity contribution in [3.63, 3.8) is 0 Å². The van der Waals surface area contributed by atoms with Crippen molar-refractivity contribution in [2.24, 2.45) is 0 Å². The van der Waals surface area contributed by atoms with Crippen LogP contribution in [-0.2, 0) is 0 Å². The molecule has 0 spiro atoms. The van der Waals surface area contributed by atoms with E-state index >= 15 is 0 Å². The molecule has 0 aliphatic rings. The fraction of sp³-hybridized carbons (Fsp3) is 0. The van der Waals surface area contributed by atoms with Crippen LogP contribution in [0, 0.1) is 17.1 Å². The number of aromatic nitrogens is 3. The summed E-state index contributed by atoms with van der Waals surface area (Å²) in [5, 5.41) is 20.6. The number of halogens is 1. The third-order valence-corrected chi connectivity index (χ3v) is 3.90. The second kappa shape index (κ2) is 6.06. The Kier molecular flexibility index (Phi) is 3.60. The summed E-state index contributed by atoms with van der Waals surface area (Å²) in [5.74, 6) is -0.400. The quantitative estimate of drug-likeness (QED) is 0.585. The topological polar surface area (TPSA) is 77.4 Å². The van der Waals surface area contributed by atoms with Gasteiger partial charge in [-0.05, 0) is 48.5 Å². The highest BCUT2D eigenvalue weighted by Crippen LogP contribution is 2.30. The smallest absolute Gasteiger partial charge is 0.125 e. The molecule has 25 heavy (non-hydrogen) atoms. The van der Waals surface area contributed by atoms with Crippen LogP contribution in [0.5, 0.6) is 0 Å². The van der Waals surface area contributed by atoms with Gasteiger partial charge in [0.05, 0.1) is 16.8 Å². The number of nitrogens with zero attached hydrogens (tertiary/aromatic N) is 3. The highest BCUT2D eigenvalue weighted by molar-refractivity contribution is 5.95. The number of fused-ring (bicyclic) bond motifs is 1. The molecule has 2 heterocycles. The monoisotopic (exact) mass is 329 g/mol. The molecule has 5 nitrogen and oxygen atoms in total. The number of hydrogen-bond donors (Lipinski definition) is 2. The van der Waals surface area contributed by atoms with Crippen molar-refractivity contribution in [3.8, 4) is 17.3 Å². The van der Waals surface area contributed by atoms with Gasteiger partial charge < -0.3 is 5.32 Å². The zero-order chi connectivity index (χ0) is 17.2. The van der Waals surface area contributed by atoms with Gasteiger partial charge in [-0.2, -0.15) is 10.4 Å². The van der Waals surface area contributed by atoms with Crippen LogP contribution in [0.1, 0.15) is 5.56 Å². The molecule has 0 saturated carbocycles. The van der Waals surface area contributed by atoms with Gasteiger partial charge in [0.25, 0.3) is 0 Å². The minimum atomic E-state index is -0.400. The summed E-state index contributed by atoms with van der Waals surface area (Å²) in [6, 6.07) is 15.5. The average molecular weight is 329 g/mol. The van der Waals surface area contributed by atoms with E-state index < -0.39 is 5.82 Å². The van der Waals surface area contributed by atoms with Crippen molar-refractivity contribution in [3.05, 3.63) is 72.3 Å². The van der Waals surface area contributed by atoms with Gasteiger partial charge >= 0.3 is 0 Å². The summed E-state index contributed by atoms with van der Waals surface area (Å²) in [6.45, 7) is 0. The minimum Gasteiger partial charge on any atom is -0.354 e. The van der Waals surface area contributed by atoms with E-state index in [9.17, 15) is 9.65 Å². The van der Waals surface area contributed by atoms with Crippen LogP contribution in [0.25, 0.3) is 22.2 Å². The normalized spacial score (nSPS) is 10.6. The number of hydrogen-bond acceptors (Lipinski definition) is 4. The van der Waals surface area contributed by atoms with Crippen LogP contribution in [0.4, 0.5) is 15.8 Å². The van der Waals surface area contributed by atoms with Gasteiger partial charge in [0, 0.05) is 29.0 Å². The highest BCUT2D eigenvalue weighted by atomic mass is 19.1. The van der Waals surface area contributed by atoms with Crippen molar-refractivity contribution in [2.75, 3.05) is 5.32 Å². The fourth-order valence-electron chi connectivity index (χ4n) is 2.69. The zero-order valence-electron chi connectivity index (χ0n) is 13.0. The molecule has 0 saturated heterocycles. The first-order valence-corrected chi connectivity index (χ1v) is 7.60. The second-order valence-corrected chi connectivity index (χ2v) is 5.50. The van der Waals surface area contributed by atoms with E-state index in [1.54, 1.807) is 12.4 Å². The zero-order valence-corrected chi connectivity index (χ0v) is 13.0. The average Bonchev–Trinajstić information content (AvgIpc) is 3.06. The summed E-state index contributed by atoms with van der Waals surface area (Å²) in [6.07, 6.45) is 3.42. The number of aromatic amines is 1. The van der Waals surface area contributed by atoms with Gasteiger partial charge in [0.1, 0.15) is 17.6 Å². The van der Waals surface area contributed by atoms with Crippen LogP contribution < -0.4 is 5.32 Å². The summed E-state index contributed by atoms with van der Waals surface area (Å²) in [7, 11) is 0. The largest absolute Gasteiger partial charge is 0.354 e. The summed E-state index contributed by atoms with van der Waals surface area (Å²) >= 11 is 0. The number of benzene rings is 2. The second-order valence-electron chi connectivity index (χ2n) is 5.50. The van der Waals surface area contributed by atoms with E-state index in [1.165, 1.54) is 18.2 Å². The van der Waals surface area contributed by atoms with Crippen molar-refractivity contribution in [1.82, 2.24) is 15.2 Å². The number of nitrogens with one attached hydrogen (secondary N) is 2. The number of rotatable bonds is 3. The highest BCUT2D eigenvalue weighted by Gasteiger charge is 2.10. The molecule has 6 heteroatoms. The Morgan fingerprint density at radius 2 is 1.88 bits per heavy atom. The van der Waals surface area contributed by atoms with E-state index in [1.807, 2.05) is 30.3 Å². The maximum atomic E-state index is 13.5. The maximum Gasteiger partial charge on any atom is 0.125 e. The van der Waals surface area contributed by atoms with Crippen LogP contribution >= 0.6 is 0 Å². The molecular weight excluding hydrogens is 317 g/mol. The number of H-pyrrole nitrogens is 1. The SMILES string of the molecule is N#Cc1ccc(F)cc1Nc1ccc2[nH]nc(-c3ccncc3)c2c1. The van der Waals surface area contributed by atoms with E-state index in [0.29, 0.717) is 11.3 Å². The van der Waals surface area contributed by atoms with Gasteiger partial charge in [0.2, 0.25) is 0 Å². The third-order valence-electron chi connectivity index (χ3n) is 3.90. The standard InChI is InChI=1S/C19H12FN5/c20-14-2-1-13(11-21)18(9-14)23-15-3-4-17-16(10-15)19(25-24-17)12-5-7-22-8-6-12/h1-10,23H,(H,24,25). The lowest BCUT2D eigenvalue weighted by Gasteiger charge is -2.09. The molecule has 0 amide bonds. The summed E-state index contributed by atoms with van der Waals surface area (Å²) < 4.78 is 13.5. The van der Waals surface area contributed by atoms with Crippen LogP contribution in [-0.4, -0.2) is 15.2 Å². The van der Waals surface area contributed by atoms with E-state index in [-0.39, 0.29) is 0 Å². The summed E-state index contributed by atoms with van der Waals surface area (Å²) in [4.78, 5) is 4.02. The molecule has 4 aromatic rings. The van der Waals surface area contributed by atoms with Crippen molar-refractivity contribution >= 4 is 22.3 Å². The lowest BCUT2D eigenvalue weighted by molar-refractivity contribution is 0.628. The van der Waals surface area contributed by atoms with Gasteiger partial charge in [-0.1, -0.05) is 0 Å². The Balaban J connectivity index is 1.77. The molecule has 0 aliphatic carbocycles. The predicted molar refractivity (Wildman–Crippen MR) is 93.7 cm³/mol. The Morgan fingerprint density at radius 3 is 2.68 bits per heavy atom. The Bertz CT molecular complexity index is 1100. The lowest BCUT2D eigenvalue weighted by atomic mass is 10.1. The minimum absolute atomic E-state index is 0.378. The number of nitriles is 1. The van der Waals surface area contributed by atoms with Crippen LogP contribution in [0.3, 0.4) is 0 Å². The molecule has 0 atom stereocenters. The molecule has 120 valence electrons. The molecule has 2 aromatic carbocycles. The lowest BCUT2D eigenvalue weighted by Crippen LogP contribution is -1.94. The van der Waals surface area contributed by atoms with Gasteiger partial charge in [-0.25, -0.2) is 4.39 Å². The first-order chi connectivity index (χ1) is 12.2. The Labute approximate surface area is 142 Å². The first-order valence-electron chi connectivity index (χ1n) is 7.60. The molecule has 0 aliphatic heterocycles. The molecular formula is C19H12FN5. The Hall–Kier alpha value is -3.72. The van der Waals surface area contributed by atoms with Crippen molar-refractivity contribution in [1.29, 1.82) is 5.26 Å². The van der Waals surface area contributed by atoms with E-state index in [0.717, 1.165) is 27.8 Å². The molecule has 4 rings (SSSR count). The van der Waals surface area contributed by atoms with Gasteiger partial charge in [-0.3, -0.25) is 10.1 Å². The molecule has 0 fully saturated rings. The van der Waals surface area contributed by atoms with Crippen LogP contribution in [0.15, 0.2) is 60.9 Å². The maximum absolute atomic E-state index is 13.5. The van der Waals surface area contributed by atoms with Crippen LogP contribution in [0.2, 0.25) is 0 Å². The summed E-state index contributed by atoms with van der Waals surface area (Å²) in [5.41, 5.74) is 4.19. The molecule has 0 radical (unpaired) electrons. The fourth-order valence-corrected chi connectivity index (χ4v) is 2.69.